The van der Waals surface area contributed by atoms with Gasteiger partial charge in [0, 0.05) is 11.8 Å². The quantitative estimate of drug-likeness (QED) is 0.796. The van der Waals surface area contributed by atoms with E-state index in [4.69, 9.17) is 0 Å². The monoisotopic (exact) mass is 276 g/mol. The molecule has 2 nitrogen and oxygen atoms in total. The molecule has 0 unspecified atom stereocenters. The molecule has 0 aliphatic carbocycles. The maximum absolute atomic E-state index is 4.12. The lowest BCUT2D eigenvalue weighted by atomic mass is 10.0. The highest BCUT2D eigenvalue weighted by Crippen LogP contribution is 2.25. The van der Waals surface area contributed by atoms with Gasteiger partial charge >= 0.3 is 0 Å². The van der Waals surface area contributed by atoms with E-state index in [1.807, 2.05) is 6.20 Å². The molecule has 0 N–H and O–H groups in total. The van der Waals surface area contributed by atoms with Gasteiger partial charge in [0.25, 0.3) is 0 Å². The van der Waals surface area contributed by atoms with Crippen LogP contribution < -0.4 is 0 Å². The normalized spacial score (nSPS) is 10.4. The minimum absolute atomic E-state index is 0.839. The van der Waals surface area contributed by atoms with Gasteiger partial charge < -0.3 is 0 Å². The minimum atomic E-state index is 0.839. The second-order valence-corrected chi connectivity index (χ2v) is 4.43. The molecule has 0 saturated carbocycles. The van der Waals surface area contributed by atoms with Crippen LogP contribution >= 0.6 is 15.9 Å². The smallest absolute Gasteiger partial charge is 0.117 e. The summed E-state index contributed by atoms with van der Waals surface area (Å²) in [5.74, 6) is 0. The van der Waals surface area contributed by atoms with Crippen molar-refractivity contribution >= 4 is 15.9 Å². The van der Waals surface area contributed by atoms with Crippen molar-refractivity contribution < 1.29 is 0 Å². The Hall–Kier alpha value is -1.22. The third-order valence-electron chi connectivity index (χ3n) is 2.47. The first-order chi connectivity index (χ1) is 7.81. The summed E-state index contributed by atoms with van der Waals surface area (Å²) < 4.78 is 0.839. The van der Waals surface area contributed by atoms with Gasteiger partial charge in [0.1, 0.15) is 10.9 Å². The summed E-state index contributed by atoms with van der Waals surface area (Å²) in [6.45, 7) is 2.19. The minimum Gasteiger partial charge on any atom is -0.244 e. The van der Waals surface area contributed by atoms with Gasteiger partial charge in [-0.2, -0.15) is 0 Å². The standard InChI is InChI=1S/C13H13BrN2/c1-2-3-10-4-6-11(7-5-10)12-8-15-9-16-13(12)14/h4-9H,2-3H2,1H3. The average molecular weight is 277 g/mol. The fraction of sp³-hybridized carbons (Fsp3) is 0.231. The molecule has 0 radical (unpaired) electrons. The third kappa shape index (κ3) is 2.47. The molecule has 1 heterocycles. The highest BCUT2D eigenvalue weighted by Gasteiger charge is 2.03. The Kier molecular flexibility index (Phi) is 3.67. The summed E-state index contributed by atoms with van der Waals surface area (Å²) in [7, 11) is 0. The Balaban J connectivity index is 2.31. The molecule has 2 rings (SSSR count). The lowest BCUT2D eigenvalue weighted by Crippen LogP contribution is -1.87. The first kappa shape index (κ1) is 11.3. The molecule has 3 heteroatoms. The molecular formula is C13H13BrN2. The SMILES string of the molecule is CCCc1ccc(-c2cncnc2Br)cc1. The van der Waals surface area contributed by atoms with Crippen LogP contribution in [0.5, 0.6) is 0 Å². The number of hydrogen-bond acceptors (Lipinski definition) is 2. The number of rotatable bonds is 3. The van der Waals surface area contributed by atoms with Crippen molar-refractivity contribution in [2.45, 2.75) is 19.8 Å². The average Bonchev–Trinajstić information content (AvgIpc) is 2.31. The first-order valence-electron chi connectivity index (χ1n) is 5.36. The highest BCUT2D eigenvalue weighted by molar-refractivity contribution is 9.10. The van der Waals surface area contributed by atoms with E-state index in [9.17, 15) is 0 Å². The molecule has 0 bridgehead atoms. The molecule has 0 fully saturated rings. The van der Waals surface area contributed by atoms with Crippen molar-refractivity contribution in [2.75, 3.05) is 0 Å². The number of aryl methyl sites for hydroxylation is 1. The molecule has 16 heavy (non-hydrogen) atoms. The summed E-state index contributed by atoms with van der Waals surface area (Å²) in [5, 5.41) is 0. The van der Waals surface area contributed by atoms with E-state index < -0.39 is 0 Å². The van der Waals surface area contributed by atoms with Crippen molar-refractivity contribution in [3.63, 3.8) is 0 Å². The molecule has 0 spiro atoms. The zero-order valence-corrected chi connectivity index (χ0v) is 10.7. The summed E-state index contributed by atoms with van der Waals surface area (Å²) in [6, 6.07) is 8.57. The van der Waals surface area contributed by atoms with Gasteiger partial charge in [-0.3, -0.25) is 0 Å². The van der Waals surface area contributed by atoms with Gasteiger partial charge in [-0.25, -0.2) is 9.97 Å². The number of hydrogen-bond donors (Lipinski definition) is 0. The summed E-state index contributed by atoms with van der Waals surface area (Å²) in [5.41, 5.74) is 3.55. The predicted octanol–water partition coefficient (Wildman–Crippen LogP) is 3.86. The molecule has 1 aromatic carbocycles. The van der Waals surface area contributed by atoms with Crippen LogP contribution in [0.1, 0.15) is 18.9 Å². The van der Waals surface area contributed by atoms with E-state index in [1.165, 1.54) is 12.0 Å². The Labute approximate surface area is 104 Å². The van der Waals surface area contributed by atoms with Gasteiger partial charge in [0.2, 0.25) is 0 Å². The van der Waals surface area contributed by atoms with E-state index in [2.05, 4.69) is 57.1 Å². The first-order valence-corrected chi connectivity index (χ1v) is 6.15. The van der Waals surface area contributed by atoms with E-state index in [1.54, 1.807) is 6.33 Å². The number of nitrogens with zero attached hydrogens (tertiary/aromatic N) is 2. The van der Waals surface area contributed by atoms with Crippen molar-refractivity contribution in [3.05, 3.63) is 47.0 Å². The number of benzene rings is 1. The summed E-state index contributed by atoms with van der Waals surface area (Å²) in [6.07, 6.45) is 5.68. The van der Waals surface area contributed by atoms with Crippen molar-refractivity contribution in [1.82, 2.24) is 9.97 Å². The third-order valence-corrected chi connectivity index (χ3v) is 3.10. The Bertz CT molecular complexity index is 466. The Morgan fingerprint density at radius 3 is 2.56 bits per heavy atom. The molecular weight excluding hydrogens is 264 g/mol. The second kappa shape index (κ2) is 5.21. The molecule has 0 amide bonds. The fourth-order valence-electron chi connectivity index (χ4n) is 1.65. The van der Waals surface area contributed by atoms with Crippen LogP contribution in [0.25, 0.3) is 11.1 Å². The largest absolute Gasteiger partial charge is 0.244 e. The molecule has 1 aromatic heterocycles. The van der Waals surface area contributed by atoms with Crippen LogP contribution in [0.15, 0.2) is 41.4 Å². The molecule has 0 atom stereocenters. The van der Waals surface area contributed by atoms with Crippen LogP contribution in [0.4, 0.5) is 0 Å². The van der Waals surface area contributed by atoms with E-state index in [0.29, 0.717) is 0 Å². The summed E-state index contributed by atoms with van der Waals surface area (Å²) >= 11 is 3.43. The van der Waals surface area contributed by atoms with Crippen LogP contribution in [0.3, 0.4) is 0 Å². The fourth-order valence-corrected chi connectivity index (χ4v) is 2.07. The maximum Gasteiger partial charge on any atom is 0.117 e. The lowest BCUT2D eigenvalue weighted by Gasteiger charge is -2.04. The molecule has 0 saturated heterocycles. The molecule has 2 aromatic rings. The number of halogens is 1. The summed E-state index contributed by atoms with van der Waals surface area (Å²) in [4.78, 5) is 8.16. The van der Waals surface area contributed by atoms with Crippen LogP contribution in [0.2, 0.25) is 0 Å². The van der Waals surface area contributed by atoms with Gasteiger partial charge in [-0.05, 0) is 33.5 Å². The molecule has 0 aliphatic rings. The van der Waals surface area contributed by atoms with Gasteiger partial charge in [0.15, 0.2) is 0 Å². The van der Waals surface area contributed by atoms with Crippen LogP contribution in [0, 0.1) is 0 Å². The molecule has 0 aliphatic heterocycles. The van der Waals surface area contributed by atoms with Crippen molar-refractivity contribution in [1.29, 1.82) is 0 Å². The van der Waals surface area contributed by atoms with Gasteiger partial charge in [-0.1, -0.05) is 37.6 Å². The van der Waals surface area contributed by atoms with Crippen molar-refractivity contribution in [3.8, 4) is 11.1 Å². The molecule has 82 valence electrons. The van der Waals surface area contributed by atoms with Crippen molar-refractivity contribution in [2.24, 2.45) is 0 Å². The second-order valence-electron chi connectivity index (χ2n) is 3.67. The predicted molar refractivity (Wildman–Crippen MR) is 69.2 cm³/mol. The Morgan fingerprint density at radius 2 is 1.94 bits per heavy atom. The van der Waals surface area contributed by atoms with Crippen LogP contribution in [-0.4, -0.2) is 9.97 Å². The maximum atomic E-state index is 4.12. The number of aromatic nitrogens is 2. The van der Waals surface area contributed by atoms with Crippen LogP contribution in [-0.2, 0) is 6.42 Å². The van der Waals surface area contributed by atoms with E-state index >= 15 is 0 Å². The topological polar surface area (TPSA) is 25.8 Å². The van der Waals surface area contributed by atoms with E-state index in [0.717, 1.165) is 22.2 Å². The Morgan fingerprint density at radius 1 is 1.19 bits per heavy atom. The zero-order valence-electron chi connectivity index (χ0n) is 9.15. The lowest BCUT2D eigenvalue weighted by molar-refractivity contribution is 0.922. The van der Waals surface area contributed by atoms with E-state index in [-0.39, 0.29) is 0 Å². The van der Waals surface area contributed by atoms with Gasteiger partial charge in [-0.15, -0.1) is 0 Å². The zero-order chi connectivity index (χ0) is 11.4. The highest BCUT2D eigenvalue weighted by atomic mass is 79.9. The van der Waals surface area contributed by atoms with Gasteiger partial charge in [0.05, 0.1) is 0 Å².